The highest BCUT2D eigenvalue weighted by atomic mass is 15.0. The Labute approximate surface area is 543 Å². The molecule has 6 heteroatoms. The molecule has 434 valence electrons. The van der Waals surface area contributed by atoms with Gasteiger partial charge in [-0.05, 0) is 134 Å². The van der Waals surface area contributed by atoms with Gasteiger partial charge in [0.2, 0.25) is 0 Å². The number of fused-ring (bicyclic) bond motifs is 22. The minimum Gasteiger partial charge on any atom is -0.208 e. The van der Waals surface area contributed by atoms with E-state index in [2.05, 4.69) is 315 Å². The van der Waals surface area contributed by atoms with Crippen LogP contribution in [0.5, 0.6) is 0 Å². The average molecular weight is 1190 g/mol. The molecule has 0 radical (unpaired) electrons. The molecule has 2 spiro atoms. The molecule has 2 heterocycles. The van der Waals surface area contributed by atoms with Crippen molar-refractivity contribution in [3.8, 4) is 124 Å². The summed E-state index contributed by atoms with van der Waals surface area (Å²) in [5.41, 5.74) is 26.3. The standard InChI is InChI=1S/C88H52N6/c1-2-23-57-52-60(50-47-53(57)21-1)83-89-82(92-85(93-83)70-36-20-44-78-79(70)69-33-10-16-43-77(69)87(78)72-38-11-5-28-62(72)63-29-6-12-39-73(63)87)59-26-17-25-58(51-59)54-45-48-56(49-46-54)81-90-84(68-35-18-24-55-22-3-4-27-61(55)68)94-86(91-81)71-37-19-34-67-66-32-9-15-42-76(66)88(80(67)71)74-40-13-7-30-64(74)65-31-8-14-41-75(65)88/h1-52H. The van der Waals surface area contributed by atoms with Crippen LogP contribution in [0.1, 0.15) is 44.5 Å². The van der Waals surface area contributed by atoms with Gasteiger partial charge in [-0.15, -0.1) is 0 Å². The molecule has 16 aromatic rings. The van der Waals surface area contributed by atoms with Gasteiger partial charge < -0.3 is 0 Å². The molecule has 0 aliphatic heterocycles. The Kier molecular flexibility index (Phi) is 11.2. The van der Waals surface area contributed by atoms with Crippen LogP contribution >= 0.6 is 0 Å². The molecule has 0 fully saturated rings. The molecule has 20 rings (SSSR count). The smallest absolute Gasteiger partial charge is 0.164 e. The van der Waals surface area contributed by atoms with Crippen molar-refractivity contribution in [1.82, 2.24) is 29.9 Å². The SMILES string of the molecule is c1cc(-c2ccc(-c3nc(-c4cccc5c4C4(c6ccccc6-c6ccccc64)c4ccccc4-5)nc(-c4cccc5ccccc45)n3)cc2)cc(-c2nc(-c3ccc4ccccc4c3)nc(-c3cccc4c3-c3ccccc3C43c4ccccc4-c4ccccc43)n2)c1. The van der Waals surface area contributed by atoms with Crippen molar-refractivity contribution < 1.29 is 0 Å². The van der Waals surface area contributed by atoms with Crippen LogP contribution in [-0.4, -0.2) is 29.9 Å². The molecule has 0 atom stereocenters. The first-order valence-electron chi connectivity index (χ1n) is 32.2. The van der Waals surface area contributed by atoms with Crippen molar-refractivity contribution in [2.45, 2.75) is 10.8 Å². The maximum Gasteiger partial charge on any atom is 0.164 e. The third-order valence-corrected chi connectivity index (χ3v) is 20.4. The summed E-state index contributed by atoms with van der Waals surface area (Å²) >= 11 is 0. The zero-order valence-corrected chi connectivity index (χ0v) is 50.7. The Morgan fingerprint density at radius 1 is 0.181 bits per heavy atom. The van der Waals surface area contributed by atoms with Crippen molar-refractivity contribution in [3.63, 3.8) is 0 Å². The molecule has 14 aromatic carbocycles. The summed E-state index contributed by atoms with van der Waals surface area (Å²) in [5.74, 6) is 3.62. The Balaban J connectivity index is 0.730. The maximum absolute atomic E-state index is 5.56. The summed E-state index contributed by atoms with van der Waals surface area (Å²) < 4.78 is 0. The second-order valence-electron chi connectivity index (χ2n) is 25.1. The fourth-order valence-electron chi connectivity index (χ4n) is 16.6. The lowest BCUT2D eigenvalue weighted by Crippen LogP contribution is -2.26. The summed E-state index contributed by atoms with van der Waals surface area (Å²) in [4.78, 5) is 32.9. The topological polar surface area (TPSA) is 77.3 Å². The lowest BCUT2D eigenvalue weighted by Gasteiger charge is -2.31. The Hall–Kier alpha value is -12.4. The number of rotatable bonds is 7. The molecular weight excluding hydrogens is 1140 g/mol. The van der Waals surface area contributed by atoms with E-state index in [0.717, 1.165) is 71.6 Å². The number of hydrogen-bond donors (Lipinski definition) is 0. The van der Waals surface area contributed by atoms with Crippen LogP contribution in [-0.2, 0) is 10.8 Å². The Morgan fingerprint density at radius 2 is 0.543 bits per heavy atom. The molecule has 0 unspecified atom stereocenters. The van der Waals surface area contributed by atoms with E-state index in [4.69, 9.17) is 29.9 Å². The number of benzene rings is 14. The predicted molar refractivity (Wildman–Crippen MR) is 379 cm³/mol. The second-order valence-corrected chi connectivity index (χ2v) is 25.1. The van der Waals surface area contributed by atoms with Gasteiger partial charge >= 0.3 is 0 Å². The van der Waals surface area contributed by atoms with Crippen LogP contribution < -0.4 is 0 Å². The Bertz CT molecular complexity index is 5790. The normalized spacial score (nSPS) is 13.5. The highest BCUT2D eigenvalue weighted by Gasteiger charge is 2.54. The molecular formula is C88H52N6. The number of nitrogens with zero attached hydrogens (tertiary/aromatic N) is 6. The molecule has 94 heavy (non-hydrogen) atoms. The van der Waals surface area contributed by atoms with E-state index in [-0.39, 0.29) is 0 Å². The molecule has 6 nitrogen and oxygen atoms in total. The van der Waals surface area contributed by atoms with Crippen LogP contribution in [0.4, 0.5) is 0 Å². The van der Waals surface area contributed by atoms with E-state index < -0.39 is 10.8 Å². The average Bonchev–Trinajstić information content (AvgIpc) is 1.51. The second kappa shape index (κ2) is 20.1. The molecule has 0 saturated carbocycles. The number of hydrogen-bond acceptors (Lipinski definition) is 6. The molecule has 0 saturated heterocycles. The van der Waals surface area contributed by atoms with Gasteiger partial charge in [-0.25, -0.2) is 29.9 Å². The summed E-state index contributed by atoms with van der Waals surface area (Å²) in [6.07, 6.45) is 0. The quantitative estimate of drug-likeness (QED) is 0.158. The number of aromatic nitrogens is 6. The molecule has 4 aliphatic rings. The van der Waals surface area contributed by atoms with Crippen LogP contribution in [0.15, 0.2) is 315 Å². The van der Waals surface area contributed by atoms with Gasteiger partial charge in [0, 0.05) is 33.4 Å². The van der Waals surface area contributed by atoms with Gasteiger partial charge in [0.05, 0.1) is 10.8 Å². The lowest BCUT2D eigenvalue weighted by molar-refractivity contribution is 0.794. The van der Waals surface area contributed by atoms with Crippen LogP contribution in [0.3, 0.4) is 0 Å². The van der Waals surface area contributed by atoms with Gasteiger partial charge in [-0.2, -0.15) is 0 Å². The lowest BCUT2D eigenvalue weighted by atomic mass is 9.69. The van der Waals surface area contributed by atoms with E-state index in [1.165, 1.54) is 83.5 Å². The van der Waals surface area contributed by atoms with Gasteiger partial charge in [0.1, 0.15) is 0 Å². The molecule has 0 amide bonds. The van der Waals surface area contributed by atoms with Crippen LogP contribution in [0, 0.1) is 0 Å². The predicted octanol–water partition coefficient (Wildman–Crippen LogP) is 20.7. The van der Waals surface area contributed by atoms with E-state index >= 15 is 0 Å². The van der Waals surface area contributed by atoms with Crippen molar-refractivity contribution in [2.75, 3.05) is 0 Å². The highest BCUT2D eigenvalue weighted by molar-refractivity contribution is 6.02. The van der Waals surface area contributed by atoms with E-state index in [1.54, 1.807) is 0 Å². The summed E-state index contributed by atoms with van der Waals surface area (Å²) in [7, 11) is 0. The van der Waals surface area contributed by atoms with Gasteiger partial charge in [0.15, 0.2) is 34.9 Å². The summed E-state index contributed by atoms with van der Waals surface area (Å²) in [6.45, 7) is 0. The zero-order valence-electron chi connectivity index (χ0n) is 50.7. The summed E-state index contributed by atoms with van der Waals surface area (Å²) in [5, 5.41) is 4.46. The molecule has 2 aromatic heterocycles. The first kappa shape index (κ1) is 52.4. The van der Waals surface area contributed by atoms with Crippen molar-refractivity contribution >= 4 is 21.5 Å². The van der Waals surface area contributed by atoms with Gasteiger partial charge in [-0.1, -0.05) is 303 Å². The first-order valence-corrected chi connectivity index (χ1v) is 32.2. The van der Waals surface area contributed by atoms with Crippen LogP contribution in [0.25, 0.3) is 146 Å². The fourth-order valence-corrected chi connectivity index (χ4v) is 16.6. The van der Waals surface area contributed by atoms with E-state index in [9.17, 15) is 0 Å². The Morgan fingerprint density at radius 3 is 1.19 bits per heavy atom. The third-order valence-electron chi connectivity index (χ3n) is 20.4. The van der Waals surface area contributed by atoms with E-state index in [0.29, 0.717) is 34.9 Å². The van der Waals surface area contributed by atoms with Crippen molar-refractivity contribution in [1.29, 1.82) is 0 Å². The first-order chi connectivity index (χ1) is 46.6. The zero-order chi connectivity index (χ0) is 61.6. The van der Waals surface area contributed by atoms with Crippen molar-refractivity contribution in [2.24, 2.45) is 0 Å². The van der Waals surface area contributed by atoms with Crippen LogP contribution in [0.2, 0.25) is 0 Å². The van der Waals surface area contributed by atoms with Crippen molar-refractivity contribution in [3.05, 3.63) is 360 Å². The highest BCUT2D eigenvalue weighted by Crippen LogP contribution is 2.66. The van der Waals surface area contributed by atoms with Gasteiger partial charge in [0.25, 0.3) is 0 Å². The van der Waals surface area contributed by atoms with E-state index in [1.807, 2.05) is 0 Å². The maximum atomic E-state index is 5.56. The molecule has 0 N–H and O–H groups in total. The summed E-state index contributed by atoms with van der Waals surface area (Å²) in [6, 6.07) is 114. The molecule has 0 bridgehead atoms. The minimum atomic E-state index is -0.605. The minimum absolute atomic E-state index is 0.518. The largest absolute Gasteiger partial charge is 0.208 e. The molecule has 4 aliphatic carbocycles. The third kappa shape index (κ3) is 7.36. The monoisotopic (exact) mass is 1190 g/mol. The fraction of sp³-hybridized carbons (Fsp3) is 0.0227. The van der Waals surface area contributed by atoms with Gasteiger partial charge in [-0.3, -0.25) is 0 Å².